The summed E-state index contributed by atoms with van der Waals surface area (Å²) < 4.78 is 5.18. The van der Waals surface area contributed by atoms with Crippen molar-refractivity contribution >= 4 is 41.3 Å². The third kappa shape index (κ3) is 6.86. The highest BCUT2D eigenvalue weighted by Crippen LogP contribution is 2.26. The van der Waals surface area contributed by atoms with Crippen molar-refractivity contribution in [3.8, 4) is 5.75 Å². The first-order chi connectivity index (χ1) is 11.5. The summed E-state index contributed by atoms with van der Waals surface area (Å²) in [4.78, 5) is 5.69. The minimum atomic E-state index is 0. The highest BCUT2D eigenvalue weighted by atomic mass is 127. The maximum atomic E-state index is 5.18. The molecule has 4 nitrogen and oxygen atoms in total. The quantitative estimate of drug-likeness (QED) is 0.362. The van der Waals surface area contributed by atoms with Gasteiger partial charge in [-0.3, -0.25) is 4.99 Å². The second-order valence-electron chi connectivity index (χ2n) is 6.31. The van der Waals surface area contributed by atoms with Crippen LogP contribution in [0, 0.1) is 0 Å². The third-order valence-corrected chi connectivity index (χ3v) is 5.21. The van der Waals surface area contributed by atoms with Crippen LogP contribution in [0.1, 0.15) is 24.3 Å². The molecule has 0 unspecified atom stereocenters. The summed E-state index contributed by atoms with van der Waals surface area (Å²) in [7, 11) is 3.49. The Morgan fingerprint density at radius 2 is 1.88 bits per heavy atom. The fourth-order valence-electron chi connectivity index (χ4n) is 2.39. The summed E-state index contributed by atoms with van der Waals surface area (Å²) in [5.74, 6) is 1.73. The largest absolute Gasteiger partial charge is 0.497 e. The number of rotatable bonds is 7. The molecule has 0 radical (unpaired) electrons. The Hall–Kier alpha value is -1.28. The molecule has 1 aromatic heterocycles. The zero-order valence-electron chi connectivity index (χ0n) is 15.3. The van der Waals surface area contributed by atoms with Crippen LogP contribution in [0.3, 0.4) is 0 Å². The van der Waals surface area contributed by atoms with Crippen molar-refractivity contribution in [1.82, 2.24) is 10.6 Å². The fraction of sp³-hybridized carbons (Fsp3) is 0.421. The molecular weight excluding hydrogens is 445 g/mol. The van der Waals surface area contributed by atoms with Gasteiger partial charge in [0.25, 0.3) is 0 Å². The van der Waals surface area contributed by atoms with Crippen molar-refractivity contribution in [3.05, 3.63) is 52.2 Å². The van der Waals surface area contributed by atoms with Gasteiger partial charge in [-0.2, -0.15) is 0 Å². The molecule has 1 heterocycles. The van der Waals surface area contributed by atoms with Crippen molar-refractivity contribution in [3.63, 3.8) is 0 Å². The van der Waals surface area contributed by atoms with Crippen LogP contribution in [0.5, 0.6) is 5.75 Å². The number of ether oxygens (including phenoxy) is 1. The van der Waals surface area contributed by atoms with Gasteiger partial charge < -0.3 is 15.4 Å². The summed E-state index contributed by atoms with van der Waals surface area (Å²) in [6.07, 6.45) is 0.943. The number of nitrogens with zero attached hydrogens (tertiary/aromatic N) is 1. The van der Waals surface area contributed by atoms with Crippen LogP contribution in [0.25, 0.3) is 0 Å². The van der Waals surface area contributed by atoms with E-state index in [-0.39, 0.29) is 29.4 Å². The predicted octanol–water partition coefficient (Wildman–Crippen LogP) is 4.06. The molecule has 1 aromatic carbocycles. The number of nitrogens with one attached hydrogen (secondary N) is 2. The molecule has 0 saturated heterocycles. The summed E-state index contributed by atoms with van der Waals surface area (Å²) in [6, 6.07) is 12.5. The van der Waals surface area contributed by atoms with Crippen LogP contribution in [-0.2, 0) is 11.8 Å². The molecule has 0 spiro atoms. The fourth-order valence-corrected chi connectivity index (χ4v) is 3.25. The Balaban J connectivity index is 0.00000312. The van der Waals surface area contributed by atoms with Gasteiger partial charge in [0, 0.05) is 30.4 Å². The second kappa shape index (κ2) is 10.7. The SMILES string of the molecule is CN=C(NCCc1ccc(OC)cc1)NCC(C)(C)c1cccs1.I. The Labute approximate surface area is 172 Å². The monoisotopic (exact) mass is 473 g/mol. The summed E-state index contributed by atoms with van der Waals surface area (Å²) >= 11 is 1.80. The van der Waals surface area contributed by atoms with E-state index < -0.39 is 0 Å². The van der Waals surface area contributed by atoms with E-state index >= 15 is 0 Å². The molecule has 6 heteroatoms. The van der Waals surface area contributed by atoms with E-state index in [1.54, 1.807) is 25.5 Å². The van der Waals surface area contributed by atoms with E-state index in [9.17, 15) is 0 Å². The number of benzene rings is 1. The number of thiophene rings is 1. The summed E-state index contributed by atoms with van der Waals surface area (Å²) in [5.41, 5.74) is 1.36. The maximum Gasteiger partial charge on any atom is 0.191 e. The molecule has 0 aliphatic carbocycles. The molecule has 138 valence electrons. The lowest BCUT2D eigenvalue weighted by molar-refractivity contribution is 0.414. The van der Waals surface area contributed by atoms with Crippen LogP contribution in [0.15, 0.2) is 46.8 Å². The number of hydrogen-bond donors (Lipinski definition) is 2. The molecule has 0 saturated carbocycles. The molecule has 0 amide bonds. The molecule has 25 heavy (non-hydrogen) atoms. The molecule has 0 fully saturated rings. The van der Waals surface area contributed by atoms with Crippen LogP contribution >= 0.6 is 35.3 Å². The number of methoxy groups -OCH3 is 1. The van der Waals surface area contributed by atoms with Gasteiger partial charge in [0.2, 0.25) is 0 Å². The molecule has 2 aromatic rings. The van der Waals surface area contributed by atoms with E-state index in [1.165, 1.54) is 10.4 Å². The van der Waals surface area contributed by atoms with Gasteiger partial charge in [-0.15, -0.1) is 35.3 Å². The van der Waals surface area contributed by atoms with E-state index in [2.05, 4.69) is 59.1 Å². The van der Waals surface area contributed by atoms with Gasteiger partial charge in [-0.1, -0.05) is 32.0 Å². The van der Waals surface area contributed by atoms with Gasteiger partial charge in [-0.25, -0.2) is 0 Å². The zero-order chi connectivity index (χ0) is 17.4. The Morgan fingerprint density at radius 3 is 2.44 bits per heavy atom. The van der Waals surface area contributed by atoms with Gasteiger partial charge in [0.15, 0.2) is 5.96 Å². The minimum absolute atomic E-state index is 0. The molecule has 0 bridgehead atoms. The van der Waals surface area contributed by atoms with Crippen LogP contribution < -0.4 is 15.4 Å². The number of guanidine groups is 1. The topological polar surface area (TPSA) is 45.7 Å². The van der Waals surface area contributed by atoms with Crippen molar-refractivity contribution < 1.29 is 4.74 Å². The molecule has 2 N–H and O–H groups in total. The maximum absolute atomic E-state index is 5.18. The van der Waals surface area contributed by atoms with Gasteiger partial charge in [0.1, 0.15) is 5.75 Å². The van der Waals surface area contributed by atoms with Crippen molar-refractivity contribution in [1.29, 1.82) is 0 Å². The average molecular weight is 473 g/mol. The number of hydrogen-bond acceptors (Lipinski definition) is 3. The molecule has 0 aliphatic rings. The van der Waals surface area contributed by atoms with Crippen LogP contribution in [0.4, 0.5) is 0 Å². The Bertz CT molecular complexity index is 639. The first-order valence-electron chi connectivity index (χ1n) is 8.16. The highest BCUT2D eigenvalue weighted by molar-refractivity contribution is 14.0. The van der Waals surface area contributed by atoms with Crippen molar-refractivity contribution in [2.75, 3.05) is 27.2 Å². The zero-order valence-corrected chi connectivity index (χ0v) is 18.5. The number of halogens is 1. The molecule has 2 rings (SSSR count). The highest BCUT2D eigenvalue weighted by Gasteiger charge is 2.21. The van der Waals surface area contributed by atoms with Gasteiger partial charge >= 0.3 is 0 Å². The Kier molecular flexibility index (Phi) is 9.27. The molecule has 0 aliphatic heterocycles. The molecule has 0 atom stereocenters. The van der Waals surface area contributed by atoms with E-state index in [1.807, 2.05) is 12.1 Å². The third-order valence-electron chi connectivity index (χ3n) is 3.97. The summed E-state index contributed by atoms with van der Waals surface area (Å²) in [5, 5.41) is 8.93. The lowest BCUT2D eigenvalue weighted by atomic mass is 9.91. The van der Waals surface area contributed by atoms with E-state index in [0.29, 0.717) is 0 Å². The average Bonchev–Trinajstić information content (AvgIpc) is 3.14. The van der Waals surface area contributed by atoms with Crippen LogP contribution in [0.2, 0.25) is 0 Å². The standard InChI is InChI=1S/C19H27N3OS.HI/c1-19(2,17-6-5-13-24-17)14-22-18(20-3)21-12-11-15-7-9-16(23-4)10-8-15;/h5-10,13H,11-12,14H2,1-4H3,(H2,20,21,22);1H. The Morgan fingerprint density at radius 1 is 1.16 bits per heavy atom. The van der Waals surface area contributed by atoms with Gasteiger partial charge in [-0.05, 0) is 35.6 Å². The minimum Gasteiger partial charge on any atom is -0.497 e. The molecular formula is C19H28IN3OS. The first kappa shape index (κ1) is 21.8. The lowest BCUT2D eigenvalue weighted by Gasteiger charge is -2.25. The smallest absolute Gasteiger partial charge is 0.191 e. The van der Waals surface area contributed by atoms with E-state index in [0.717, 1.165) is 31.2 Å². The predicted molar refractivity (Wildman–Crippen MR) is 119 cm³/mol. The second-order valence-corrected chi connectivity index (χ2v) is 7.26. The lowest BCUT2D eigenvalue weighted by Crippen LogP contribution is -2.43. The normalized spacial score (nSPS) is 11.6. The summed E-state index contributed by atoms with van der Waals surface area (Å²) in [6.45, 7) is 6.17. The number of aliphatic imine (C=N–C) groups is 1. The first-order valence-corrected chi connectivity index (χ1v) is 9.04. The van der Waals surface area contributed by atoms with E-state index in [4.69, 9.17) is 4.74 Å². The van der Waals surface area contributed by atoms with Crippen LogP contribution in [-0.4, -0.2) is 33.2 Å². The van der Waals surface area contributed by atoms with Gasteiger partial charge in [0.05, 0.1) is 7.11 Å². The van der Waals surface area contributed by atoms with Crippen molar-refractivity contribution in [2.45, 2.75) is 25.7 Å². The van der Waals surface area contributed by atoms with Crippen molar-refractivity contribution in [2.24, 2.45) is 4.99 Å².